The van der Waals surface area contributed by atoms with Crippen LogP contribution in [-0.2, 0) is 6.18 Å². The van der Waals surface area contributed by atoms with Crippen molar-refractivity contribution in [2.75, 3.05) is 0 Å². The van der Waals surface area contributed by atoms with Crippen molar-refractivity contribution in [1.29, 1.82) is 0 Å². The van der Waals surface area contributed by atoms with Crippen LogP contribution < -0.4 is 0 Å². The summed E-state index contributed by atoms with van der Waals surface area (Å²) in [4.78, 5) is 14.9. The quantitative estimate of drug-likeness (QED) is 0.631. The number of carbonyl (C=O) groups excluding carboxylic acids is 1. The zero-order chi connectivity index (χ0) is 13.3. The van der Waals surface area contributed by atoms with Gasteiger partial charge in [0.15, 0.2) is 0 Å². The van der Waals surface area contributed by atoms with Crippen molar-refractivity contribution in [3.8, 4) is 0 Å². The monoisotopic (exact) mass is 293 g/mol. The average molecular weight is 294 g/mol. The number of hydrogen-bond donors (Lipinski definition) is 0. The van der Waals surface area contributed by atoms with E-state index >= 15 is 0 Å². The third kappa shape index (κ3) is 2.49. The molecular weight excluding hydrogens is 291 g/mol. The maximum atomic E-state index is 12.3. The fourth-order valence-electron chi connectivity index (χ4n) is 1.16. The first kappa shape index (κ1) is 12.9. The van der Waals surface area contributed by atoms with Gasteiger partial charge in [0, 0.05) is 0 Å². The van der Waals surface area contributed by atoms with Crippen LogP contribution >= 0.6 is 23.3 Å². The molecule has 0 aliphatic carbocycles. The summed E-state index contributed by atoms with van der Waals surface area (Å²) in [5.74, 6) is -0.616. The second kappa shape index (κ2) is 4.62. The van der Waals surface area contributed by atoms with Gasteiger partial charge < -0.3 is 0 Å². The van der Waals surface area contributed by atoms with E-state index in [0.29, 0.717) is 6.07 Å². The van der Waals surface area contributed by atoms with Crippen LogP contribution in [0.2, 0.25) is 5.15 Å². The summed E-state index contributed by atoms with van der Waals surface area (Å²) >= 11 is 6.38. The molecule has 0 amide bonds. The molecule has 0 aromatic carbocycles. The van der Waals surface area contributed by atoms with Crippen LogP contribution in [0, 0.1) is 0 Å². The number of ketones is 1. The first-order chi connectivity index (χ1) is 8.39. The summed E-state index contributed by atoms with van der Waals surface area (Å²) in [5, 5.41) is -0.511. The molecule has 0 aliphatic heterocycles. The highest BCUT2D eigenvalue weighted by molar-refractivity contribution is 6.99. The zero-order valence-corrected chi connectivity index (χ0v) is 9.97. The number of hydrogen-bond acceptors (Lipinski definition) is 5. The van der Waals surface area contributed by atoms with E-state index in [1.165, 1.54) is 6.20 Å². The third-order valence-corrected chi connectivity index (χ3v) is 2.74. The van der Waals surface area contributed by atoms with E-state index in [9.17, 15) is 18.0 Å². The molecule has 0 N–H and O–H groups in total. The summed E-state index contributed by atoms with van der Waals surface area (Å²) in [6, 6.07) is 1.67. The summed E-state index contributed by atoms with van der Waals surface area (Å²) < 4.78 is 44.3. The van der Waals surface area contributed by atoms with Gasteiger partial charge in [0.25, 0.3) is 0 Å². The average Bonchev–Trinajstić information content (AvgIpc) is 2.80. The van der Waals surface area contributed by atoms with Crippen LogP contribution in [0.4, 0.5) is 13.2 Å². The first-order valence-electron chi connectivity index (χ1n) is 4.45. The number of halogens is 4. The van der Waals surface area contributed by atoms with Crippen LogP contribution in [0.25, 0.3) is 0 Å². The minimum Gasteiger partial charge on any atom is -0.287 e. The standard InChI is InChI=1S/C9H3ClF3N3OS/c10-8-4(7(17)5-3-14-18-16-5)1-2-6(15-8)9(11,12)13/h1-3H. The summed E-state index contributed by atoms with van der Waals surface area (Å²) in [6.07, 6.45) is -3.39. The molecule has 2 heterocycles. The van der Waals surface area contributed by atoms with Gasteiger partial charge in [-0.25, -0.2) is 4.98 Å². The Bertz CT molecular complexity index is 585. The minimum absolute atomic E-state index is 0.0171. The highest BCUT2D eigenvalue weighted by atomic mass is 35.5. The van der Waals surface area contributed by atoms with Gasteiger partial charge in [0.2, 0.25) is 5.78 Å². The number of aromatic nitrogens is 3. The van der Waals surface area contributed by atoms with Crippen LogP contribution in [0.15, 0.2) is 18.3 Å². The van der Waals surface area contributed by atoms with E-state index in [1.807, 2.05) is 0 Å². The van der Waals surface area contributed by atoms with Crippen LogP contribution in [0.3, 0.4) is 0 Å². The van der Waals surface area contributed by atoms with E-state index in [4.69, 9.17) is 11.6 Å². The largest absolute Gasteiger partial charge is 0.433 e. The Hall–Kier alpha value is -1.54. The van der Waals surface area contributed by atoms with E-state index in [-0.39, 0.29) is 11.3 Å². The number of pyridine rings is 1. The fourth-order valence-corrected chi connectivity index (χ4v) is 1.82. The van der Waals surface area contributed by atoms with Gasteiger partial charge in [0.05, 0.1) is 23.5 Å². The SMILES string of the molecule is O=C(c1cnsn1)c1ccc(C(F)(F)F)nc1Cl. The molecule has 0 fully saturated rings. The molecule has 0 radical (unpaired) electrons. The Morgan fingerprint density at radius 1 is 1.33 bits per heavy atom. The predicted octanol–water partition coefficient (Wildman–Crippen LogP) is 2.84. The molecule has 9 heteroatoms. The molecule has 0 spiro atoms. The molecule has 94 valence electrons. The van der Waals surface area contributed by atoms with E-state index in [2.05, 4.69) is 13.7 Å². The number of nitrogens with zero attached hydrogens (tertiary/aromatic N) is 3. The predicted molar refractivity (Wildman–Crippen MR) is 57.6 cm³/mol. The highest BCUT2D eigenvalue weighted by Crippen LogP contribution is 2.29. The first-order valence-corrected chi connectivity index (χ1v) is 5.56. The van der Waals surface area contributed by atoms with Crippen molar-refractivity contribution in [3.63, 3.8) is 0 Å². The van der Waals surface area contributed by atoms with Gasteiger partial charge >= 0.3 is 6.18 Å². The van der Waals surface area contributed by atoms with Gasteiger partial charge in [-0.1, -0.05) is 11.6 Å². The van der Waals surface area contributed by atoms with E-state index < -0.39 is 22.8 Å². The van der Waals surface area contributed by atoms with Gasteiger partial charge in [-0.05, 0) is 12.1 Å². The second-order valence-electron chi connectivity index (χ2n) is 3.15. The van der Waals surface area contributed by atoms with Crippen LogP contribution in [0.5, 0.6) is 0 Å². The second-order valence-corrected chi connectivity index (χ2v) is 4.07. The van der Waals surface area contributed by atoms with E-state index in [1.54, 1.807) is 0 Å². The number of carbonyl (C=O) groups is 1. The Kier molecular flexibility index (Phi) is 3.31. The third-order valence-electron chi connectivity index (χ3n) is 1.98. The molecule has 0 aliphatic rings. The molecule has 0 unspecified atom stereocenters. The molecule has 0 saturated heterocycles. The van der Waals surface area contributed by atoms with Gasteiger partial charge in [-0.3, -0.25) is 4.79 Å². The molecular formula is C9H3ClF3N3OS. The van der Waals surface area contributed by atoms with Crippen LogP contribution in [0.1, 0.15) is 21.7 Å². The Morgan fingerprint density at radius 3 is 2.56 bits per heavy atom. The fraction of sp³-hybridized carbons (Fsp3) is 0.111. The summed E-state index contributed by atoms with van der Waals surface area (Å²) in [7, 11) is 0. The molecule has 0 atom stereocenters. The molecule has 18 heavy (non-hydrogen) atoms. The van der Waals surface area contributed by atoms with Crippen molar-refractivity contribution in [2.45, 2.75) is 6.18 Å². The van der Waals surface area contributed by atoms with Crippen molar-refractivity contribution >= 4 is 29.1 Å². The smallest absolute Gasteiger partial charge is 0.287 e. The normalized spacial score (nSPS) is 11.6. The Balaban J connectivity index is 2.40. The summed E-state index contributed by atoms with van der Waals surface area (Å²) in [5.41, 5.74) is -1.28. The lowest BCUT2D eigenvalue weighted by Crippen LogP contribution is -2.11. The maximum absolute atomic E-state index is 12.3. The maximum Gasteiger partial charge on any atom is 0.433 e. The van der Waals surface area contributed by atoms with Gasteiger partial charge in [-0.15, -0.1) is 0 Å². The lowest BCUT2D eigenvalue weighted by atomic mass is 10.1. The van der Waals surface area contributed by atoms with Crippen molar-refractivity contribution in [3.05, 3.63) is 40.4 Å². The highest BCUT2D eigenvalue weighted by Gasteiger charge is 2.33. The Morgan fingerprint density at radius 2 is 2.06 bits per heavy atom. The minimum atomic E-state index is -4.60. The van der Waals surface area contributed by atoms with Crippen molar-refractivity contribution < 1.29 is 18.0 Å². The molecule has 4 nitrogen and oxygen atoms in total. The topological polar surface area (TPSA) is 55.7 Å². The zero-order valence-electron chi connectivity index (χ0n) is 8.40. The van der Waals surface area contributed by atoms with Gasteiger partial charge in [0.1, 0.15) is 16.5 Å². The van der Waals surface area contributed by atoms with Gasteiger partial charge in [-0.2, -0.15) is 21.9 Å². The van der Waals surface area contributed by atoms with E-state index in [0.717, 1.165) is 17.8 Å². The molecule has 2 aromatic rings. The van der Waals surface area contributed by atoms with Crippen LogP contribution in [-0.4, -0.2) is 19.5 Å². The lowest BCUT2D eigenvalue weighted by molar-refractivity contribution is -0.141. The van der Waals surface area contributed by atoms with Crippen molar-refractivity contribution in [2.24, 2.45) is 0 Å². The molecule has 2 rings (SSSR count). The number of rotatable bonds is 2. The molecule has 0 saturated carbocycles. The molecule has 0 bridgehead atoms. The number of alkyl halides is 3. The lowest BCUT2D eigenvalue weighted by Gasteiger charge is -2.07. The molecule has 2 aromatic heterocycles. The Labute approximate surface area is 108 Å². The summed E-state index contributed by atoms with van der Waals surface area (Å²) in [6.45, 7) is 0. The van der Waals surface area contributed by atoms with Crippen molar-refractivity contribution in [1.82, 2.24) is 13.7 Å².